The van der Waals surface area contributed by atoms with E-state index in [0.717, 1.165) is 0 Å². The molecule has 2 aromatic rings. The van der Waals surface area contributed by atoms with Crippen LogP contribution in [0.15, 0.2) is 40.0 Å². The number of aromatic amines is 1. The summed E-state index contributed by atoms with van der Waals surface area (Å²) in [5, 5.41) is 2.27. The van der Waals surface area contributed by atoms with Crippen molar-refractivity contribution in [1.29, 1.82) is 0 Å². The summed E-state index contributed by atoms with van der Waals surface area (Å²) in [7, 11) is -4.07. The summed E-state index contributed by atoms with van der Waals surface area (Å²) in [6.45, 7) is 0.851. The van der Waals surface area contributed by atoms with Gasteiger partial charge in [0, 0.05) is 11.8 Å². The van der Waals surface area contributed by atoms with Crippen molar-refractivity contribution in [1.82, 2.24) is 14.3 Å². The molecule has 0 atom stereocenters. The number of H-pyrrole nitrogens is 1. The van der Waals surface area contributed by atoms with Crippen LogP contribution in [0.1, 0.15) is 16.1 Å². The molecule has 2 N–H and O–H groups in total. The zero-order chi connectivity index (χ0) is 17.5. The third-order valence-electron chi connectivity index (χ3n) is 3.33. The van der Waals surface area contributed by atoms with Crippen molar-refractivity contribution in [3.8, 4) is 0 Å². The number of nitrogens with zero attached hydrogens (tertiary/aromatic N) is 2. The largest absolute Gasteiger partial charge is 0.294 e. The number of hydrogen-bond acceptors (Lipinski definition) is 6. The van der Waals surface area contributed by atoms with Crippen molar-refractivity contribution in [2.75, 3.05) is 11.9 Å². The second kappa shape index (κ2) is 5.57. The van der Waals surface area contributed by atoms with Gasteiger partial charge in [-0.15, -0.1) is 0 Å². The van der Waals surface area contributed by atoms with Gasteiger partial charge >= 0.3 is 0 Å². The second-order valence-corrected chi connectivity index (χ2v) is 6.93. The Hall–Kier alpha value is -3.01. The number of anilines is 1. The first-order valence-corrected chi connectivity index (χ1v) is 8.27. The molecule has 3 rings (SSSR count). The molecule has 0 bridgehead atoms. The summed E-state index contributed by atoms with van der Waals surface area (Å²) in [5.74, 6) is -1.69. The van der Waals surface area contributed by atoms with Crippen molar-refractivity contribution in [3.63, 3.8) is 0 Å². The molecule has 0 fully saturated rings. The van der Waals surface area contributed by atoms with E-state index in [4.69, 9.17) is 0 Å². The van der Waals surface area contributed by atoms with Crippen LogP contribution in [-0.4, -0.2) is 41.1 Å². The standard InChI is InChI=1S/C14H12N4O5S/c1-8-6-11(19)16-14(15-8)17-12(20)7-18-13(21)9-4-2-3-5-10(9)24(18,22)23/h2-6H,7H2,1H3,(H2,15,16,17,19,20). The van der Waals surface area contributed by atoms with Crippen LogP contribution < -0.4 is 10.9 Å². The SMILES string of the molecule is Cc1cc(=O)[nH]c(NC(=O)CN2C(=O)c3ccccc3S2(=O)=O)n1. The number of hydrogen-bond donors (Lipinski definition) is 2. The number of amides is 2. The third-order valence-corrected chi connectivity index (χ3v) is 5.11. The molecule has 1 aromatic carbocycles. The van der Waals surface area contributed by atoms with Gasteiger partial charge in [0.25, 0.3) is 21.5 Å². The fraction of sp³-hybridized carbons (Fsp3) is 0.143. The van der Waals surface area contributed by atoms with E-state index in [1.54, 1.807) is 6.92 Å². The molecule has 0 saturated carbocycles. The molecule has 0 unspecified atom stereocenters. The van der Waals surface area contributed by atoms with E-state index in [9.17, 15) is 22.8 Å². The lowest BCUT2D eigenvalue weighted by Crippen LogP contribution is -2.37. The molecule has 24 heavy (non-hydrogen) atoms. The average molecular weight is 348 g/mol. The van der Waals surface area contributed by atoms with Crippen molar-refractivity contribution >= 4 is 27.8 Å². The Labute approximate surface area is 136 Å². The van der Waals surface area contributed by atoms with Gasteiger partial charge in [-0.25, -0.2) is 17.7 Å². The van der Waals surface area contributed by atoms with Crippen LogP contribution >= 0.6 is 0 Å². The van der Waals surface area contributed by atoms with E-state index in [-0.39, 0.29) is 16.4 Å². The Morgan fingerprint density at radius 2 is 2.00 bits per heavy atom. The quantitative estimate of drug-likeness (QED) is 0.794. The van der Waals surface area contributed by atoms with Gasteiger partial charge in [-0.2, -0.15) is 0 Å². The Balaban J connectivity index is 1.83. The van der Waals surface area contributed by atoms with Gasteiger partial charge < -0.3 is 0 Å². The molecule has 0 spiro atoms. The fourth-order valence-electron chi connectivity index (χ4n) is 2.33. The lowest BCUT2D eigenvalue weighted by Gasteiger charge is -2.14. The maximum absolute atomic E-state index is 12.3. The summed E-state index contributed by atoms with van der Waals surface area (Å²) in [5.41, 5.74) is -0.0613. The first-order chi connectivity index (χ1) is 11.3. The molecule has 2 amide bonds. The zero-order valence-corrected chi connectivity index (χ0v) is 13.3. The predicted octanol–water partition coefficient (Wildman–Crippen LogP) is -0.138. The van der Waals surface area contributed by atoms with E-state index in [0.29, 0.717) is 10.00 Å². The zero-order valence-electron chi connectivity index (χ0n) is 12.4. The van der Waals surface area contributed by atoms with E-state index in [1.165, 1.54) is 30.3 Å². The summed E-state index contributed by atoms with van der Waals surface area (Å²) in [6, 6.07) is 6.96. The molecular weight excluding hydrogens is 336 g/mol. The topological polar surface area (TPSA) is 129 Å². The van der Waals surface area contributed by atoms with Crippen molar-refractivity contribution < 1.29 is 18.0 Å². The molecule has 9 nitrogen and oxygen atoms in total. The number of aromatic nitrogens is 2. The number of rotatable bonds is 3. The summed E-state index contributed by atoms with van der Waals surface area (Å²) < 4.78 is 25.2. The van der Waals surface area contributed by atoms with Crippen LogP contribution in [0.4, 0.5) is 5.95 Å². The molecular formula is C14H12N4O5S. The van der Waals surface area contributed by atoms with Crippen LogP contribution in [0.2, 0.25) is 0 Å². The number of nitrogens with one attached hydrogen (secondary N) is 2. The molecule has 10 heteroatoms. The Bertz CT molecular complexity index is 1010. The number of fused-ring (bicyclic) bond motifs is 1. The molecule has 0 aliphatic carbocycles. The van der Waals surface area contributed by atoms with Crippen molar-refractivity contribution in [3.05, 3.63) is 51.9 Å². The highest BCUT2D eigenvalue weighted by Gasteiger charge is 2.41. The minimum Gasteiger partial charge on any atom is -0.294 e. The maximum Gasteiger partial charge on any atom is 0.269 e. The summed E-state index contributed by atoms with van der Waals surface area (Å²) in [6.07, 6.45) is 0. The number of sulfonamides is 1. The Morgan fingerprint density at radius 1 is 1.29 bits per heavy atom. The van der Waals surface area contributed by atoms with Crippen LogP contribution in [0.25, 0.3) is 0 Å². The number of carbonyl (C=O) groups is 2. The van der Waals surface area contributed by atoms with Gasteiger partial charge in [0.15, 0.2) is 0 Å². The normalized spacial score (nSPS) is 15.2. The molecule has 2 heterocycles. The lowest BCUT2D eigenvalue weighted by atomic mass is 10.2. The molecule has 0 saturated heterocycles. The van der Waals surface area contributed by atoms with Gasteiger partial charge in [0.05, 0.1) is 5.56 Å². The maximum atomic E-state index is 12.3. The van der Waals surface area contributed by atoms with Crippen LogP contribution in [0, 0.1) is 6.92 Å². The van der Waals surface area contributed by atoms with Gasteiger partial charge in [-0.05, 0) is 19.1 Å². The van der Waals surface area contributed by atoms with E-state index in [1.807, 2.05) is 0 Å². The molecule has 124 valence electrons. The summed E-state index contributed by atoms with van der Waals surface area (Å²) >= 11 is 0. The number of benzene rings is 1. The smallest absolute Gasteiger partial charge is 0.269 e. The predicted molar refractivity (Wildman–Crippen MR) is 82.9 cm³/mol. The van der Waals surface area contributed by atoms with Crippen molar-refractivity contribution in [2.24, 2.45) is 0 Å². The van der Waals surface area contributed by atoms with Crippen LogP contribution in [-0.2, 0) is 14.8 Å². The van der Waals surface area contributed by atoms with Crippen molar-refractivity contribution in [2.45, 2.75) is 11.8 Å². The van der Waals surface area contributed by atoms with Gasteiger partial charge in [-0.3, -0.25) is 24.7 Å². The van der Waals surface area contributed by atoms with Gasteiger partial charge in [-0.1, -0.05) is 12.1 Å². The highest BCUT2D eigenvalue weighted by atomic mass is 32.2. The molecule has 1 aliphatic rings. The fourth-order valence-corrected chi connectivity index (χ4v) is 3.85. The first kappa shape index (κ1) is 15.9. The number of carbonyl (C=O) groups excluding carboxylic acids is 2. The van der Waals surface area contributed by atoms with Crippen LogP contribution in [0.5, 0.6) is 0 Å². The van der Waals surface area contributed by atoms with Crippen LogP contribution in [0.3, 0.4) is 0 Å². The van der Waals surface area contributed by atoms with E-state index >= 15 is 0 Å². The second-order valence-electron chi connectivity index (χ2n) is 5.10. The average Bonchev–Trinajstić information content (AvgIpc) is 2.68. The van der Waals surface area contributed by atoms with E-state index < -0.39 is 33.9 Å². The Morgan fingerprint density at radius 3 is 2.67 bits per heavy atom. The minimum absolute atomic E-state index is 0.0207. The Kier molecular flexibility index (Phi) is 3.68. The van der Waals surface area contributed by atoms with Gasteiger partial charge in [0.2, 0.25) is 11.9 Å². The lowest BCUT2D eigenvalue weighted by molar-refractivity contribution is -0.116. The van der Waals surface area contributed by atoms with Gasteiger partial charge in [0.1, 0.15) is 11.4 Å². The molecule has 1 aromatic heterocycles. The molecule has 1 aliphatic heterocycles. The molecule has 0 radical (unpaired) electrons. The first-order valence-electron chi connectivity index (χ1n) is 6.83. The van der Waals surface area contributed by atoms with E-state index in [2.05, 4.69) is 15.3 Å². The monoisotopic (exact) mass is 348 g/mol. The third kappa shape index (κ3) is 2.67. The number of aryl methyl sites for hydroxylation is 1. The summed E-state index contributed by atoms with van der Waals surface area (Å²) in [4.78, 5) is 41.6. The highest BCUT2D eigenvalue weighted by molar-refractivity contribution is 7.90. The minimum atomic E-state index is -4.07. The highest BCUT2D eigenvalue weighted by Crippen LogP contribution is 2.29.